The number of ether oxygens (including phenoxy) is 3. The van der Waals surface area contributed by atoms with E-state index in [1.165, 1.54) is 11.5 Å². The van der Waals surface area contributed by atoms with Gasteiger partial charge in [-0.05, 0) is 119 Å². The van der Waals surface area contributed by atoms with Gasteiger partial charge in [0.25, 0.3) is 0 Å². The first-order valence-corrected chi connectivity index (χ1v) is 32.1. The summed E-state index contributed by atoms with van der Waals surface area (Å²) in [4.78, 5) is 49.7. The number of anilines is 3. The summed E-state index contributed by atoms with van der Waals surface area (Å²) in [7, 11) is 0.136. The highest BCUT2D eigenvalue weighted by Crippen LogP contribution is 2.45. The van der Waals surface area contributed by atoms with E-state index in [0.717, 1.165) is 104 Å². The number of hydrogen-bond acceptors (Lipinski definition) is 16. The fraction of sp³-hybridized carbons (Fsp3) is 0.438. The minimum Gasteiger partial charge on any atom is -0.461 e. The number of likely N-dealkylation sites (N-methyl/N-ethyl adjacent to an activating group) is 1. The number of sulfone groups is 1. The van der Waals surface area contributed by atoms with E-state index in [0.29, 0.717) is 89.8 Å². The normalized spacial score (nSPS) is 20.6. The molecule has 0 bridgehead atoms. The molecular formula is C64H70Cl2FN11O6S. The van der Waals surface area contributed by atoms with Crippen LogP contribution in [0.3, 0.4) is 0 Å². The Labute approximate surface area is 505 Å². The van der Waals surface area contributed by atoms with E-state index in [4.69, 9.17) is 57.3 Å². The Morgan fingerprint density at radius 2 is 1.49 bits per heavy atom. The van der Waals surface area contributed by atoms with E-state index in [2.05, 4.69) is 50.5 Å². The highest BCUT2D eigenvalue weighted by molar-refractivity contribution is 7.94. The second-order valence-corrected chi connectivity index (χ2v) is 26.6. The molecule has 0 radical (unpaired) electrons. The van der Waals surface area contributed by atoms with Gasteiger partial charge in [-0.15, -0.1) is 0 Å². The third-order valence-electron chi connectivity index (χ3n) is 18.9. The van der Waals surface area contributed by atoms with Crippen molar-refractivity contribution in [3.63, 3.8) is 0 Å². The Bertz CT molecular complexity index is 3870. The Kier molecular flexibility index (Phi) is 15.9. The molecule has 4 aromatic carbocycles. The van der Waals surface area contributed by atoms with Crippen LogP contribution < -0.4 is 24.2 Å². The predicted molar refractivity (Wildman–Crippen MR) is 332 cm³/mol. The summed E-state index contributed by atoms with van der Waals surface area (Å²) in [5.41, 5.74) is 3.30. The number of hydrogen-bond donors (Lipinski definition) is 0. The Hall–Kier alpha value is -6.74. The number of benzene rings is 4. The molecule has 9 heterocycles. The Morgan fingerprint density at radius 1 is 0.824 bits per heavy atom. The second-order valence-electron chi connectivity index (χ2n) is 23.8. The van der Waals surface area contributed by atoms with Crippen LogP contribution in [0.5, 0.6) is 12.0 Å². The fourth-order valence-electron chi connectivity index (χ4n) is 14.3. The van der Waals surface area contributed by atoms with Crippen molar-refractivity contribution in [1.82, 2.24) is 39.6 Å². The lowest BCUT2D eigenvalue weighted by molar-refractivity contribution is -0.130. The van der Waals surface area contributed by atoms with Gasteiger partial charge < -0.3 is 33.8 Å². The van der Waals surface area contributed by atoms with E-state index >= 15 is 4.39 Å². The first-order chi connectivity index (χ1) is 41.2. The van der Waals surface area contributed by atoms with Crippen molar-refractivity contribution in [3.8, 4) is 23.3 Å². The molecule has 6 aliphatic rings. The van der Waals surface area contributed by atoms with E-state index in [-0.39, 0.29) is 71.8 Å². The molecule has 5 fully saturated rings. The molecule has 3 aromatic heterocycles. The van der Waals surface area contributed by atoms with Crippen molar-refractivity contribution < 1.29 is 31.8 Å². The average molecular weight is 1210 g/mol. The van der Waals surface area contributed by atoms with Gasteiger partial charge in [-0.25, -0.2) is 12.8 Å². The standard InChI is InChI=1S/C64H70Cl2FN11O6S/c1-4-53(79)76-36-45(37-76)74(3)60-48-35-68-57(47-17-5-13-42-14-6-18-49(65)54(42)47)56(67)58(48)70-62(72-60)84-41-64-25-11-29-78(64)44(21-26-64)39-82-32-12-33-85(80,81)34-31-73(2)59-46-22-30-75(52-20-8-16-43-15-7-19-50(66)55(43)52)38-51(46)69-61(71-59)83-40-63-23-9-27-77(63)28-10-24-63/h4-8,12-20,33,35,44-45H,1,9-11,21-32,34,36-41H2,2-3H3/b33-12+. The van der Waals surface area contributed by atoms with Crippen molar-refractivity contribution in [3.05, 3.63) is 130 Å². The van der Waals surface area contributed by atoms with Crippen LogP contribution >= 0.6 is 23.2 Å². The summed E-state index contributed by atoms with van der Waals surface area (Å²) < 4.78 is 63.9. The third-order valence-corrected chi connectivity index (χ3v) is 20.9. The van der Waals surface area contributed by atoms with Crippen molar-refractivity contribution in [2.75, 3.05) is 107 Å². The largest absolute Gasteiger partial charge is 0.461 e. The van der Waals surface area contributed by atoms with Gasteiger partial charge in [-0.1, -0.05) is 84.4 Å². The summed E-state index contributed by atoms with van der Waals surface area (Å²) >= 11 is 13.5. The summed E-state index contributed by atoms with van der Waals surface area (Å²) in [6.45, 7) is 10.3. The van der Waals surface area contributed by atoms with Gasteiger partial charge in [0.2, 0.25) is 5.91 Å². The van der Waals surface area contributed by atoms with Crippen LogP contribution in [0.4, 0.5) is 21.7 Å². The second kappa shape index (κ2) is 23.5. The smallest absolute Gasteiger partial charge is 0.319 e. The van der Waals surface area contributed by atoms with E-state index in [1.54, 1.807) is 29.3 Å². The van der Waals surface area contributed by atoms with Gasteiger partial charge >= 0.3 is 12.0 Å². The number of carbonyl (C=O) groups excluding carboxylic acids is 1. The summed E-state index contributed by atoms with van der Waals surface area (Å²) in [6, 6.07) is 23.7. The average Bonchev–Trinajstić information content (AvgIpc) is 2.21. The zero-order chi connectivity index (χ0) is 58.6. The summed E-state index contributed by atoms with van der Waals surface area (Å²) in [5, 5.41) is 6.48. The maximum Gasteiger partial charge on any atom is 0.319 e. The number of halogens is 3. The maximum atomic E-state index is 17.2. The number of amides is 1. The Morgan fingerprint density at radius 3 is 2.26 bits per heavy atom. The SMILES string of the molecule is C=CC(=O)N1CC(N(C)c2nc(OCC34CCCN3C(COC/C=C/S(=O)(=O)CCN(C)c3nc(OCC56CCCN5CCC6)nc5c3CCN(c3cccc6cccc(Cl)c36)C5)CC4)nc3c(F)c(-c4cccc5cccc(Cl)c45)ncc23)C1. The fourth-order valence-corrected chi connectivity index (χ4v) is 15.9. The molecule has 5 saturated heterocycles. The van der Waals surface area contributed by atoms with Crippen LogP contribution in [0.1, 0.15) is 62.6 Å². The van der Waals surface area contributed by atoms with Crippen LogP contribution in [0, 0.1) is 5.82 Å². The third kappa shape index (κ3) is 11.0. The minimum absolute atomic E-state index is 0.00611. The van der Waals surface area contributed by atoms with Crippen molar-refractivity contribution >= 4 is 88.7 Å². The summed E-state index contributed by atoms with van der Waals surface area (Å²) in [6.07, 6.45) is 13.2. The van der Waals surface area contributed by atoms with Crippen LogP contribution in [0.15, 0.2) is 103 Å². The molecule has 85 heavy (non-hydrogen) atoms. The molecule has 444 valence electrons. The monoisotopic (exact) mass is 1210 g/mol. The van der Waals surface area contributed by atoms with Crippen LogP contribution in [0.2, 0.25) is 10.0 Å². The van der Waals surface area contributed by atoms with Gasteiger partial charge in [0.15, 0.2) is 15.7 Å². The number of pyridine rings is 1. The molecule has 21 heteroatoms. The molecule has 0 spiro atoms. The maximum absolute atomic E-state index is 17.2. The lowest BCUT2D eigenvalue weighted by Gasteiger charge is -2.44. The lowest BCUT2D eigenvalue weighted by Crippen LogP contribution is -2.60. The van der Waals surface area contributed by atoms with Gasteiger partial charge in [0.05, 0.1) is 58.7 Å². The Balaban J connectivity index is 0.662. The highest BCUT2D eigenvalue weighted by Gasteiger charge is 2.50. The number of likely N-dealkylation sites (tertiary alicyclic amines) is 1. The molecular weight excluding hydrogens is 1140 g/mol. The lowest BCUT2D eigenvalue weighted by atomic mass is 9.95. The van der Waals surface area contributed by atoms with E-state index < -0.39 is 15.7 Å². The van der Waals surface area contributed by atoms with Crippen LogP contribution in [-0.2, 0) is 32.3 Å². The van der Waals surface area contributed by atoms with Gasteiger partial charge in [-0.3, -0.25) is 19.6 Å². The quantitative estimate of drug-likeness (QED) is 0.0523. The topological polar surface area (TPSA) is 163 Å². The summed E-state index contributed by atoms with van der Waals surface area (Å²) in [5.74, 6) is 0.239. The molecule has 13 rings (SSSR count). The molecule has 1 amide bonds. The number of fused-ring (bicyclic) bond motifs is 6. The molecule has 0 aliphatic carbocycles. The van der Waals surface area contributed by atoms with Gasteiger partial charge in [0.1, 0.15) is 36.1 Å². The molecule has 6 aliphatic heterocycles. The van der Waals surface area contributed by atoms with Crippen molar-refractivity contribution in [2.45, 2.75) is 87.5 Å². The molecule has 7 aromatic rings. The molecule has 2 unspecified atom stereocenters. The van der Waals surface area contributed by atoms with Gasteiger partial charge in [0, 0.05) is 90.5 Å². The van der Waals surface area contributed by atoms with Crippen molar-refractivity contribution in [2.24, 2.45) is 0 Å². The molecule has 0 saturated carbocycles. The number of carbonyl (C=O) groups is 1. The first kappa shape index (κ1) is 57.3. The van der Waals surface area contributed by atoms with Crippen LogP contribution in [-0.4, -0.2) is 169 Å². The van der Waals surface area contributed by atoms with Crippen LogP contribution in [0.25, 0.3) is 43.7 Å². The van der Waals surface area contributed by atoms with Crippen molar-refractivity contribution in [1.29, 1.82) is 0 Å². The first-order valence-electron chi connectivity index (χ1n) is 29.7. The molecule has 2 atom stereocenters. The predicted octanol–water partition coefficient (Wildman–Crippen LogP) is 10.1. The number of rotatable bonds is 20. The zero-order valence-corrected chi connectivity index (χ0v) is 50.4. The minimum atomic E-state index is -3.63. The van der Waals surface area contributed by atoms with Gasteiger partial charge in [-0.2, -0.15) is 19.9 Å². The molecule has 17 nitrogen and oxygen atoms in total. The zero-order valence-electron chi connectivity index (χ0n) is 48.1. The van der Waals surface area contributed by atoms with E-state index in [1.807, 2.05) is 60.3 Å². The molecule has 0 N–H and O–H groups in total. The number of aromatic nitrogens is 5. The number of nitrogens with zero attached hydrogens (tertiary/aromatic N) is 11. The van der Waals surface area contributed by atoms with E-state index in [9.17, 15) is 13.2 Å². The highest BCUT2D eigenvalue weighted by atomic mass is 35.5.